The number of rotatable bonds is 5. The number of nitrogens with one attached hydrogen (secondary N) is 2. The number of benzene rings is 1. The van der Waals surface area contributed by atoms with Gasteiger partial charge in [0.05, 0.1) is 5.69 Å². The van der Waals surface area contributed by atoms with Crippen LogP contribution in [0.25, 0.3) is 11.3 Å². The second-order valence-corrected chi connectivity index (χ2v) is 5.05. The van der Waals surface area contributed by atoms with Crippen LogP contribution in [0.1, 0.15) is 6.42 Å². The lowest BCUT2D eigenvalue weighted by Crippen LogP contribution is -2.36. The van der Waals surface area contributed by atoms with Crippen LogP contribution in [0.3, 0.4) is 0 Å². The largest absolute Gasteiger partial charge is 0.396 e. The van der Waals surface area contributed by atoms with Crippen LogP contribution in [0, 0.1) is 0 Å². The predicted molar refractivity (Wildman–Crippen MR) is 80.9 cm³/mol. The van der Waals surface area contributed by atoms with Gasteiger partial charge >= 0.3 is 11.8 Å². The van der Waals surface area contributed by atoms with Crippen molar-refractivity contribution >= 4 is 28.3 Å². The summed E-state index contributed by atoms with van der Waals surface area (Å²) >= 11 is 1.26. The summed E-state index contributed by atoms with van der Waals surface area (Å²) in [6.07, 6.45) is 0.411. The van der Waals surface area contributed by atoms with E-state index >= 15 is 0 Å². The fourth-order valence-electron chi connectivity index (χ4n) is 1.59. The predicted octanol–water partition coefficient (Wildman–Crippen LogP) is 1.25. The number of aliphatic hydroxyl groups excluding tert-OH is 1. The third-order valence-electron chi connectivity index (χ3n) is 2.62. The van der Waals surface area contributed by atoms with E-state index in [0.717, 1.165) is 11.3 Å². The average Bonchev–Trinajstić information content (AvgIpc) is 2.97. The van der Waals surface area contributed by atoms with Crippen molar-refractivity contribution in [3.05, 3.63) is 35.7 Å². The highest BCUT2D eigenvalue weighted by Crippen LogP contribution is 2.24. The molecular weight excluding hydrogens is 290 g/mol. The Morgan fingerprint density at radius 3 is 2.67 bits per heavy atom. The quantitative estimate of drug-likeness (QED) is 0.572. The Hall–Kier alpha value is -2.25. The number of carbonyl (C=O) groups is 2. The summed E-state index contributed by atoms with van der Waals surface area (Å²) in [7, 11) is 0. The first-order valence-corrected chi connectivity index (χ1v) is 7.29. The molecule has 1 heterocycles. The fourth-order valence-corrected chi connectivity index (χ4v) is 2.30. The minimum Gasteiger partial charge on any atom is -0.396 e. The second-order valence-electron chi connectivity index (χ2n) is 4.19. The standard InChI is InChI=1S/C14H15N3O3S/c18-8-4-7-15-12(19)13(20)17-14-16-11(9-21-14)10-5-2-1-3-6-10/h1-3,5-6,9,18H,4,7-8H2,(H,15,19)(H,16,17,20). The van der Waals surface area contributed by atoms with Crippen LogP contribution < -0.4 is 10.6 Å². The van der Waals surface area contributed by atoms with Crippen molar-refractivity contribution in [2.75, 3.05) is 18.5 Å². The van der Waals surface area contributed by atoms with E-state index in [2.05, 4.69) is 15.6 Å². The number of thiazole rings is 1. The maximum Gasteiger partial charge on any atom is 0.315 e. The summed E-state index contributed by atoms with van der Waals surface area (Å²) in [5.41, 5.74) is 1.69. The molecular formula is C14H15N3O3S. The number of nitrogens with zero attached hydrogens (tertiary/aromatic N) is 1. The molecule has 0 atom stereocenters. The van der Waals surface area contributed by atoms with Gasteiger partial charge in [-0.25, -0.2) is 4.98 Å². The van der Waals surface area contributed by atoms with Crippen LogP contribution in [0.2, 0.25) is 0 Å². The molecule has 7 heteroatoms. The maximum absolute atomic E-state index is 11.6. The van der Waals surface area contributed by atoms with Gasteiger partial charge in [-0.2, -0.15) is 0 Å². The van der Waals surface area contributed by atoms with Gasteiger partial charge in [-0.3, -0.25) is 14.9 Å². The summed E-state index contributed by atoms with van der Waals surface area (Å²) < 4.78 is 0. The van der Waals surface area contributed by atoms with Crippen molar-refractivity contribution in [2.24, 2.45) is 0 Å². The minimum atomic E-state index is -0.762. The molecule has 0 aliphatic heterocycles. The number of anilines is 1. The second kappa shape index (κ2) is 7.51. The summed E-state index contributed by atoms with van der Waals surface area (Å²) in [5.74, 6) is -1.50. The molecule has 0 spiro atoms. The van der Waals surface area contributed by atoms with E-state index in [0.29, 0.717) is 11.6 Å². The van der Waals surface area contributed by atoms with Gasteiger partial charge in [-0.15, -0.1) is 11.3 Å². The molecule has 0 saturated carbocycles. The lowest BCUT2D eigenvalue weighted by atomic mass is 10.2. The Bertz CT molecular complexity index is 613. The van der Waals surface area contributed by atoms with E-state index in [-0.39, 0.29) is 13.2 Å². The first-order valence-electron chi connectivity index (χ1n) is 6.41. The van der Waals surface area contributed by atoms with Crippen LogP contribution in [0.5, 0.6) is 0 Å². The molecule has 0 aliphatic rings. The number of carbonyl (C=O) groups excluding carboxylic acids is 2. The van der Waals surface area contributed by atoms with Gasteiger partial charge in [-0.05, 0) is 6.42 Å². The van der Waals surface area contributed by atoms with Gasteiger partial charge in [0.1, 0.15) is 0 Å². The van der Waals surface area contributed by atoms with Crippen molar-refractivity contribution in [1.29, 1.82) is 0 Å². The number of aliphatic hydroxyl groups is 1. The number of hydrogen-bond donors (Lipinski definition) is 3. The third-order valence-corrected chi connectivity index (χ3v) is 3.38. The monoisotopic (exact) mass is 305 g/mol. The molecule has 6 nitrogen and oxygen atoms in total. The normalized spacial score (nSPS) is 10.1. The van der Waals surface area contributed by atoms with Crippen molar-refractivity contribution in [3.63, 3.8) is 0 Å². The van der Waals surface area contributed by atoms with Gasteiger partial charge in [0.15, 0.2) is 5.13 Å². The average molecular weight is 305 g/mol. The van der Waals surface area contributed by atoms with Gasteiger partial charge in [-0.1, -0.05) is 30.3 Å². The molecule has 0 aliphatic carbocycles. The van der Waals surface area contributed by atoms with E-state index in [9.17, 15) is 9.59 Å². The van der Waals surface area contributed by atoms with E-state index in [1.54, 1.807) is 0 Å². The van der Waals surface area contributed by atoms with Crippen LogP contribution in [0.4, 0.5) is 5.13 Å². The number of aromatic nitrogens is 1. The molecule has 2 aromatic rings. The molecule has 3 N–H and O–H groups in total. The molecule has 1 aromatic heterocycles. The van der Waals surface area contributed by atoms with Crippen molar-refractivity contribution in [3.8, 4) is 11.3 Å². The molecule has 0 unspecified atom stereocenters. The molecule has 0 saturated heterocycles. The Morgan fingerprint density at radius 2 is 1.95 bits per heavy atom. The van der Waals surface area contributed by atoms with E-state index < -0.39 is 11.8 Å². The summed E-state index contributed by atoms with van der Waals surface area (Å²) in [5, 5.41) is 15.6. The topological polar surface area (TPSA) is 91.3 Å². The van der Waals surface area contributed by atoms with Crippen molar-refractivity contribution < 1.29 is 14.7 Å². The van der Waals surface area contributed by atoms with Gasteiger partial charge in [0, 0.05) is 24.1 Å². The number of amides is 2. The van der Waals surface area contributed by atoms with Gasteiger partial charge in [0.2, 0.25) is 0 Å². The molecule has 2 amide bonds. The molecule has 0 bridgehead atoms. The van der Waals surface area contributed by atoms with Gasteiger partial charge < -0.3 is 10.4 Å². The molecule has 0 fully saturated rings. The summed E-state index contributed by atoms with van der Waals surface area (Å²) in [6.45, 7) is 0.227. The van der Waals surface area contributed by atoms with Gasteiger partial charge in [0.25, 0.3) is 0 Å². The van der Waals surface area contributed by atoms with Crippen LogP contribution >= 0.6 is 11.3 Å². The Kier molecular flexibility index (Phi) is 5.42. The lowest BCUT2D eigenvalue weighted by molar-refractivity contribution is -0.136. The zero-order chi connectivity index (χ0) is 15.1. The van der Waals surface area contributed by atoms with E-state index in [4.69, 9.17) is 5.11 Å². The highest BCUT2D eigenvalue weighted by molar-refractivity contribution is 7.14. The Balaban J connectivity index is 1.93. The van der Waals surface area contributed by atoms with Crippen molar-refractivity contribution in [1.82, 2.24) is 10.3 Å². The molecule has 1 aromatic carbocycles. The zero-order valence-corrected chi connectivity index (χ0v) is 12.0. The fraction of sp³-hybridized carbons (Fsp3) is 0.214. The molecule has 2 rings (SSSR count). The Labute approximate surface area is 125 Å². The number of hydrogen-bond acceptors (Lipinski definition) is 5. The zero-order valence-electron chi connectivity index (χ0n) is 11.2. The Morgan fingerprint density at radius 1 is 1.19 bits per heavy atom. The first kappa shape index (κ1) is 15.1. The third kappa shape index (κ3) is 4.37. The van der Waals surface area contributed by atoms with E-state index in [1.807, 2.05) is 35.7 Å². The minimum absolute atomic E-state index is 0.0329. The smallest absolute Gasteiger partial charge is 0.315 e. The highest BCUT2D eigenvalue weighted by atomic mass is 32.1. The summed E-state index contributed by atoms with van der Waals surface area (Å²) in [4.78, 5) is 27.4. The molecule has 110 valence electrons. The first-order chi connectivity index (χ1) is 10.2. The van der Waals surface area contributed by atoms with E-state index in [1.165, 1.54) is 11.3 Å². The maximum atomic E-state index is 11.6. The summed E-state index contributed by atoms with van der Waals surface area (Å²) in [6, 6.07) is 9.56. The van der Waals surface area contributed by atoms with Crippen LogP contribution in [0.15, 0.2) is 35.7 Å². The molecule has 0 radical (unpaired) electrons. The van der Waals surface area contributed by atoms with Crippen molar-refractivity contribution in [2.45, 2.75) is 6.42 Å². The molecule has 21 heavy (non-hydrogen) atoms. The van der Waals surface area contributed by atoms with Crippen LogP contribution in [-0.4, -0.2) is 35.1 Å². The van der Waals surface area contributed by atoms with Crippen LogP contribution in [-0.2, 0) is 9.59 Å². The SMILES string of the molecule is O=C(NCCCO)C(=O)Nc1nc(-c2ccccc2)cs1. The lowest BCUT2D eigenvalue weighted by Gasteiger charge is -2.03. The highest BCUT2D eigenvalue weighted by Gasteiger charge is 2.15.